The van der Waals surface area contributed by atoms with E-state index in [4.69, 9.17) is 5.11 Å². The first-order valence-corrected chi connectivity index (χ1v) is 7.61. The molecule has 0 bridgehead atoms. The number of carbonyl (C=O) groups excluding carboxylic acids is 1. The van der Waals surface area contributed by atoms with E-state index in [0.29, 0.717) is 12.1 Å². The number of hydrogen-bond donors (Lipinski definition) is 1. The van der Waals surface area contributed by atoms with Crippen LogP contribution in [-0.2, 0) is 4.79 Å². The third-order valence-corrected chi connectivity index (χ3v) is 3.58. The van der Waals surface area contributed by atoms with Crippen LogP contribution in [0.5, 0.6) is 0 Å². The lowest BCUT2D eigenvalue weighted by Gasteiger charge is -2.18. The van der Waals surface area contributed by atoms with Crippen molar-refractivity contribution in [2.75, 3.05) is 25.6 Å². The van der Waals surface area contributed by atoms with Gasteiger partial charge in [-0.05, 0) is 36.4 Å². The maximum atomic E-state index is 12.3. The van der Waals surface area contributed by atoms with E-state index < -0.39 is 5.97 Å². The molecule has 1 aromatic carbocycles. The second-order valence-corrected chi connectivity index (χ2v) is 5.40. The molecule has 108 valence electrons. The molecule has 0 aliphatic rings. The minimum Gasteiger partial charge on any atom is -0.478 e. The molecule has 0 radical (unpaired) electrons. The number of carbonyl (C=O) groups is 2. The number of carboxylic acids is 1. The molecule has 0 spiro atoms. The van der Waals surface area contributed by atoms with E-state index in [9.17, 15) is 9.59 Å². The standard InChI is InChI=1S/C15H19NO3S/c1-11-12(7-8-14(17)18)5-4-6-13(11)15(19)16(2)9-10-20-3/h4-8H,9-10H2,1-3H3,(H,17,18)/b8-7+. The first-order chi connectivity index (χ1) is 9.47. The summed E-state index contributed by atoms with van der Waals surface area (Å²) in [5.74, 6) is -0.153. The van der Waals surface area contributed by atoms with E-state index in [1.54, 1.807) is 41.9 Å². The maximum Gasteiger partial charge on any atom is 0.328 e. The lowest BCUT2D eigenvalue weighted by molar-refractivity contribution is -0.131. The highest BCUT2D eigenvalue weighted by Gasteiger charge is 2.14. The lowest BCUT2D eigenvalue weighted by atomic mass is 10.0. The topological polar surface area (TPSA) is 57.6 Å². The van der Waals surface area contributed by atoms with Gasteiger partial charge >= 0.3 is 5.97 Å². The number of amides is 1. The number of nitrogens with zero attached hydrogens (tertiary/aromatic N) is 1. The highest BCUT2D eigenvalue weighted by atomic mass is 32.2. The molecule has 1 aromatic rings. The molecule has 1 rings (SSSR count). The van der Waals surface area contributed by atoms with Gasteiger partial charge in [-0.15, -0.1) is 0 Å². The van der Waals surface area contributed by atoms with Crippen LogP contribution in [0.25, 0.3) is 6.08 Å². The summed E-state index contributed by atoms with van der Waals surface area (Å²) < 4.78 is 0. The average molecular weight is 293 g/mol. The second kappa shape index (κ2) is 7.75. The van der Waals surface area contributed by atoms with Crippen molar-refractivity contribution < 1.29 is 14.7 Å². The van der Waals surface area contributed by atoms with Crippen LogP contribution in [0.1, 0.15) is 21.5 Å². The molecule has 0 heterocycles. The molecule has 0 unspecified atom stereocenters. The molecular weight excluding hydrogens is 274 g/mol. The molecule has 0 saturated heterocycles. The fourth-order valence-corrected chi connectivity index (χ4v) is 2.22. The second-order valence-electron chi connectivity index (χ2n) is 4.41. The molecule has 1 amide bonds. The van der Waals surface area contributed by atoms with Crippen molar-refractivity contribution in [1.29, 1.82) is 0 Å². The zero-order valence-corrected chi connectivity index (χ0v) is 12.7. The Morgan fingerprint density at radius 1 is 1.40 bits per heavy atom. The molecular formula is C15H19NO3S. The molecule has 0 fully saturated rings. The summed E-state index contributed by atoms with van der Waals surface area (Å²) >= 11 is 1.69. The molecule has 20 heavy (non-hydrogen) atoms. The Morgan fingerprint density at radius 2 is 2.10 bits per heavy atom. The van der Waals surface area contributed by atoms with Crippen LogP contribution in [0.4, 0.5) is 0 Å². The Kier molecular flexibility index (Phi) is 6.31. The normalized spacial score (nSPS) is 10.8. The van der Waals surface area contributed by atoms with Gasteiger partial charge in [0.2, 0.25) is 0 Å². The molecule has 4 nitrogen and oxygen atoms in total. The Balaban J connectivity index is 2.99. The predicted octanol–water partition coefficient (Wildman–Crippen LogP) is 2.53. The number of aliphatic carboxylic acids is 1. The van der Waals surface area contributed by atoms with Gasteiger partial charge in [0.25, 0.3) is 5.91 Å². The first-order valence-electron chi connectivity index (χ1n) is 6.22. The zero-order chi connectivity index (χ0) is 15.1. The van der Waals surface area contributed by atoms with Gasteiger partial charge in [0, 0.05) is 31.0 Å². The SMILES string of the molecule is CSCCN(C)C(=O)c1cccc(/C=C/C(=O)O)c1C. The summed E-state index contributed by atoms with van der Waals surface area (Å²) in [5.41, 5.74) is 2.16. The fraction of sp³-hybridized carbons (Fsp3) is 0.333. The van der Waals surface area contributed by atoms with Crippen LogP contribution in [0.2, 0.25) is 0 Å². The number of thioether (sulfide) groups is 1. The fourth-order valence-electron chi connectivity index (χ4n) is 1.76. The average Bonchev–Trinajstić information content (AvgIpc) is 2.42. The Bertz CT molecular complexity index is 526. The number of carboxylic acid groups (broad SMARTS) is 1. The van der Waals surface area contributed by atoms with E-state index >= 15 is 0 Å². The van der Waals surface area contributed by atoms with Gasteiger partial charge in [0.05, 0.1) is 0 Å². The van der Waals surface area contributed by atoms with Gasteiger partial charge in [0.15, 0.2) is 0 Å². The lowest BCUT2D eigenvalue weighted by Crippen LogP contribution is -2.29. The van der Waals surface area contributed by atoms with Crippen LogP contribution < -0.4 is 0 Å². The first kappa shape index (κ1) is 16.3. The van der Waals surface area contributed by atoms with Gasteiger partial charge in [-0.3, -0.25) is 4.79 Å². The van der Waals surface area contributed by atoms with E-state index in [2.05, 4.69) is 0 Å². The third-order valence-electron chi connectivity index (χ3n) is 2.99. The largest absolute Gasteiger partial charge is 0.478 e. The summed E-state index contributed by atoms with van der Waals surface area (Å²) in [6, 6.07) is 5.34. The molecule has 0 aromatic heterocycles. The summed E-state index contributed by atoms with van der Waals surface area (Å²) in [7, 11) is 1.78. The summed E-state index contributed by atoms with van der Waals surface area (Å²) in [6.45, 7) is 2.52. The molecule has 5 heteroatoms. The van der Waals surface area contributed by atoms with Crippen molar-refractivity contribution in [2.24, 2.45) is 0 Å². The smallest absolute Gasteiger partial charge is 0.328 e. The minimum absolute atomic E-state index is 0.0397. The van der Waals surface area contributed by atoms with E-state index in [0.717, 1.165) is 23.0 Å². The van der Waals surface area contributed by atoms with Crippen molar-refractivity contribution in [3.8, 4) is 0 Å². The quantitative estimate of drug-likeness (QED) is 0.819. The van der Waals surface area contributed by atoms with Crippen molar-refractivity contribution in [3.63, 3.8) is 0 Å². The van der Waals surface area contributed by atoms with Crippen molar-refractivity contribution >= 4 is 29.7 Å². The Hall–Kier alpha value is -1.75. The van der Waals surface area contributed by atoms with Crippen molar-refractivity contribution in [3.05, 3.63) is 41.0 Å². The minimum atomic E-state index is -1.00. The predicted molar refractivity (Wildman–Crippen MR) is 83.2 cm³/mol. The van der Waals surface area contributed by atoms with Crippen molar-refractivity contribution in [1.82, 2.24) is 4.90 Å². The van der Waals surface area contributed by atoms with Crippen LogP contribution in [0, 0.1) is 6.92 Å². The highest BCUT2D eigenvalue weighted by molar-refractivity contribution is 7.98. The van der Waals surface area contributed by atoms with Crippen LogP contribution in [0.3, 0.4) is 0 Å². The molecule has 0 aliphatic heterocycles. The van der Waals surface area contributed by atoms with Gasteiger partial charge in [-0.1, -0.05) is 12.1 Å². The summed E-state index contributed by atoms with van der Waals surface area (Å²) in [6.07, 6.45) is 4.59. The van der Waals surface area contributed by atoms with Gasteiger partial charge in [-0.2, -0.15) is 11.8 Å². The summed E-state index contributed by atoms with van der Waals surface area (Å²) in [4.78, 5) is 24.6. The van der Waals surface area contributed by atoms with Crippen LogP contribution >= 0.6 is 11.8 Å². The number of benzene rings is 1. The molecule has 0 atom stereocenters. The third kappa shape index (κ3) is 4.42. The Labute approximate surface area is 123 Å². The number of rotatable bonds is 6. The Morgan fingerprint density at radius 3 is 2.70 bits per heavy atom. The maximum absolute atomic E-state index is 12.3. The van der Waals surface area contributed by atoms with E-state index in [1.165, 1.54) is 6.08 Å². The number of hydrogen-bond acceptors (Lipinski definition) is 3. The van der Waals surface area contributed by atoms with Crippen molar-refractivity contribution in [2.45, 2.75) is 6.92 Å². The monoisotopic (exact) mass is 293 g/mol. The summed E-state index contributed by atoms with van der Waals surface area (Å²) in [5, 5.41) is 8.67. The van der Waals surface area contributed by atoms with Gasteiger partial charge in [-0.25, -0.2) is 4.79 Å². The highest BCUT2D eigenvalue weighted by Crippen LogP contribution is 2.17. The van der Waals surface area contributed by atoms with Gasteiger partial charge < -0.3 is 10.0 Å². The van der Waals surface area contributed by atoms with Crippen LogP contribution in [0.15, 0.2) is 24.3 Å². The zero-order valence-electron chi connectivity index (χ0n) is 11.9. The van der Waals surface area contributed by atoms with Gasteiger partial charge in [0.1, 0.15) is 0 Å². The van der Waals surface area contributed by atoms with E-state index in [1.807, 2.05) is 13.2 Å². The van der Waals surface area contributed by atoms with Crippen LogP contribution in [-0.4, -0.2) is 47.5 Å². The molecule has 1 N–H and O–H groups in total. The molecule has 0 aliphatic carbocycles. The van der Waals surface area contributed by atoms with E-state index in [-0.39, 0.29) is 5.91 Å². The molecule has 0 saturated carbocycles.